The number of nitrogens with one attached hydrogen (secondary N) is 10. The molecule has 0 bridgehead atoms. The van der Waals surface area contributed by atoms with E-state index >= 15 is 9.59 Å². The van der Waals surface area contributed by atoms with Gasteiger partial charge < -0.3 is 89.6 Å². The number of para-hydroxylation sites is 2. The normalized spacial score (nSPS) is 15.0. The molecule has 18 N–H and O–H groups in total. The molecule has 0 spiro atoms. The van der Waals surface area contributed by atoms with Gasteiger partial charge in [-0.2, -0.15) is 0 Å². The van der Waals surface area contributed by atoms with Gasteiger partial charge in [0.25, 0.3) is 0 Å². The first-order valence-electron chi connectivity index (χ1n) is 31.3. The number of phenolic OH excluding ortho intramolecular Hbond substituents is 1. The first kappa shape index (κ1) is 70.9. The molecular weight excluding hydrogens is 1210 g/mol. The number of alkyl carbamates (subject to hydrolysis) is 1. The number of rotatable bonds is 34. The number of aromatic nitrogens is 2. The molecule has 502 valence electrons. The number of benzene rings is 4. The second-order valence-electron chi connectivity index (χ2n) is 23.5. The van der Waals surface area contributed by atoms with E-state index in [0.29, 0.717) is 63.4 Å². The summed E-state index contributed by atoms with van der Waals surface area (Å²) in [6.07, 6.45) is 2.26. The lowest BCUT2D eigenvalue weighted by Crippen LogP contribution is -2.61. The van der Waals surface area contributed by atoms with Gasteiger partial charge >= 0.3 is 6.09 Å². The topological polar surface area (TPSA) is 442 Å². The van der Waals surface area contributed by atoms with Gasteiger partial charge in [0.05, 0.1) is 6.61 Å². The number of likely N-dealkylation sites (tertiary alicyclic amines) is 1. The van der Waals surface area contributed by atoms with Crippen molar-refractivity contribution >= 4 is 87.0 Å². The van der Waals surface area contributed by atoms with Crippen LogP contribution in [-0.4, -0.2) is 165 Å². The lowest BCUT2D eigenvalue weighted by Gasteiger charge is -2.30. The number of aliphatic hydroxyl groups is 1. The van der Waals surface area contributed by atoms with Gasteiger partial charge in [0.2, 0.25) is 53.2 Å². The van der Waals surface area contributed by atoms with Gasteiger partial charge in [-0.15, -0.1) is 0 Å². The Morgan fingerprint density at radius 2 is 1.12 bits per heavy atom. The summed E-state index contributed by atoms with van der Waals surface area (Å²) >= 11 is 0. The predicted octanol–water partition coefficient (Wildman–Crippen LogP) is 1.07. The minimum Gasteiger partial charge on any atom is -0.508 e. The largest absolute Gasteiger partial charge is 0.508 e. The molecule has 0 saturated carbocycles. The second kappa shape index (κ2) is 34.8. The number of nitrogens with two attached hydrogens (primary N) is 3. The van der Waals surface area contributed by atoms with Crippen LogP contribution in [0.3, 0.4) is 0 Å². The van der Waals surface area contributed by atoms with Crippen molar-refractivity contribution in [1.29, 1.82) is 0 Å². The number of likely N-dealkylation sites (N-methyl/N-ethyl adjacent to an activating group) is 1. The zero-order valence-electron chi connectivity index (χ0n) is 52.8. The number of primary amides is 1. The number of hydrogen-bond donors (Lipinski definition) is 15. The Hall–Kier alpha value is -10.5. The number of hydrogen-bond acceptors (Lipinski definition) is 14. The molecule has 1 fully saturated rings. The predicted molar refractivity (Wildman–Crippen MR) is 349 cm³/mol. The van der Waals surface area contributed by atoms with Crippen LogP contribution in [0.15, 0.2) is 121 Å². The first-order chi connectivity index (χ1) is 45.1. The van der Waals surface area contributed by atoms with Crippen LogP contribution < -0.4 is 59.7 Å². The number of carbonyl (C=O) groups excluding carboxylic acids is 10. The highest BCUT2D eigenvalue weighted by atomic mass is 16.5. The molecule has 4 aromatic carbocycles. The second-order valence-corrected chi connectivity index (χ2v) is 23.5. The standard InChI is InChI=1S/C66H85N15O13/c1-4-70-63(91)55-21-13-29-81(55)64(92)49(20-12-28-71-65(68)69)74-58(86)50(30-38(2)3)75-60(88)52(32-41-34-72-46-18-10-8-16-44(41)46)78-59(87)51(31-39-22-24-43(83)25-23-39)76-62(90)54(36-82)79-61(89)53(33-42-35-73-47-19-11-9-17-45(42)47)77-57(85)48(26-27-56(67)84)80-66(93)94-37-40-14-6-5-7-15-40/h5-11,14-19,22-25,34-35,38,48-55,72-73,82-83H,4,12-13,20-21,26-33,36-37H2,1-3H3,(H2,67,84)(H,70,91)(H,74,86)(H,75,88)(H,76,90)(H,77,85)(H,78,87)(H,79,89)(H,80,93)(H4,68,69,71)/t48-,49-,50-,51-,52+,53-,54-,55-/m0/s1. The van der Waals surface area contributed by atoms with Crippen LogP contribution in [0.5, 0.6) is 5.75 Å². The van der Waals surface area contributed by atoms with Crippen LogP contribution in [0.1, 0.15) is 88.0 Å². The third kappa shape index (κ3) is 20.8. The number of aliphatic hydroxyl groups excluding tert-OH is 1. The summed E-state index contributed by atoms with van der Waals surface area (Å²) in [6.45, 7) is 4.93. The number of carbonyl (C=O) groups is 10. The Morgan fingerprint density at radius 1 is 0.606 bits per heavy atom. The van der Waals surface area contributed by atoms with Crippen LogP contribution in [0.2, 0.25) is 0 Å². The minimum atomic E-state index is -1.81. The third-order valence-electron chi connectivity index (χ3n) is 15.9. The third-order valence-corrected chi connectivity index (χ3v) is 15.9. The van der Waals surface area contributed by atoms with E-state index in [2.05, 4.69) is 57.5 Å². The average Bonchev–Trinajstić information content (AvgIpc) is 1.64. The molecule has 3 heterocycles. The highest BCUT2D eigenvalue weighted by molar-refractivity contribution is 5.99. The van der Waals surface area contributed by atoms with E-state index < -0.39 is 108 Å². The molecule has 28 heteroatoms. The Kier molecular flexibility index (Phi) is 26.3. The average molecular weight is 1300 g/mol. The van der Waals surface area contributed by atoms with Crippen LogP contribution in [0.4, 0.5) is 4.79 Å². The number of fused-ring (bicyclic) bond motifs is 2. The maximum absolute atomic E-state index is 15.1. The van der Waals surface area contributed by atoms with E-state index in [1.807, 2.05) is 32.0 Å². The molecule has 1 aliphatic heterocycles. The molecule has 6 aromatic rings. The summed E-state index contributed by atoms with van der Waals surface area (Å²) in [6, 6.07) is 17.6. The van der Waals surface area contributed by atoms with Gasteiger partial charge in [-0.3, -0.25) is 48.1 Å². The van der Waals surface area contributed by atoms with E-state index in [1.165, 1.54) is 29.2 Å². The molecule has 0 unspecified atom stereocenters. The zero-order chi connectivity index (χ0) is 67.8. The van der Waals surface area contributed by atoms with E-state index in [0.717, 1.165) is 0 Å². The number of amides is 10. The SMILES string of the molecule is CCNC(=O)[C@@H]1CCCN1C(=O)[C@H](CCCN=C(N)N)NC(=O)[C@H](CC(C)C)NC(=O)[C@@H](Cc1c[nH]c2ccccc12)NC(=O)[C@H](Cc1ccc(O)cc1)NC(=O)[C@H](CO)NC(=O)[C@H](Cc1c[nH]c2ccccc12)NC(=O)[C@H](CCC(N)=O)NC(=O)OCc1ccccc1. The van der Waals surface area contributed by atoms with Crippen molar-refractivity contribution in [2.45, 2.75) is 140 Å². The first-order valence-corrected chi connectivity index (χ1v) is 31.3. The van der Waals surface area contributed by atoms with Crippen molar-refractivity contribution in [1.82, 2.24) is 57.4 Å². The smallest absolute Gasteiger partial charge is 0.408 e. The quantitative estimate of drug-likeness (QED) is 0.0153. The summed E-state index contributed by atoms with van der Waals surface area (Å²) < 4.78 is 5.35. The van der Waals surface area contributed by atoms with Crippen molar-refractivity contribution in [3.8, 4) is 5.75 Å². The van der Waals surface area contributed by atoms with E-state index in [4.69, 9.17) is 21.9 Å². The lowest BCUT2D eigenvalue weighted by atomic mass is 9.99. The van der Waals surface area contributed by atoms with Crippen molar-refractivity contribution in [2.24, 2.45) is 28.1 Å². The van der Waals surface area contributed by atoms with Crippen LogP contribution in [-0.2, 0) is 73.8 Å². The fourth-order valence-electron chi connectivity index (χ4n) is 11.1. The van der Waals surface area contributed by atoms with Crippen molar-refractivity contribution < 1.29 is 62.9 Å². The summed E-state index contributed by atoms with van der Waals surface area (Å²) in [5.41, 5.74) is 20.2. The van der Waals surface area contributed by atoms with Crippen molar-refractivity contribution in [3.63, 3.8) is 0 Å². The van der Waals surface area contributed by atoms with Gasteiger partial charge in [0.1, 0.15) is 60.7 Å². The Bertz CT molecular complexity index is 3630. The summed E-state index contributed by atoms with van der Waals surface area (Å²) in [5.74, 6) is -7.65. The fraction of sp³-hybridized carbons (Fsp3) is 0.409. The van der Waals surface area contributed by atoms with Crippen LogP contribution in [0, 0.1) is 5.92 Å². The van der Waals surface area contributed by atoms with E-state index in [1.54, 1.807) is 80.0 Å². The molecule has 7 rings (SSSR count). The molecule has 0 aliphatic carbocycles. The zero-order valence-corrected chi connectivity index (χ0v) is 52.8. The van der Waals surface area contributed by atoms with Crippen molar-refractivity contribution in [3.05, 3.63) is 138 Å². The summed E-state index contributed by atoms with van der Waals surface area (Å²) in [5, 5.41) is 43.9. The number of nitrogens with zero attached hydrogens (tertiary/aromatic N) is 2. The van der Waals surface area contributed by atoms with Crippen LogP contribution in [0.25, 0.3) is 21.8 Å². The maximum atomic E-state index is 15.1. The number of phenols is 1. The number of aliphatic imine (C=N–C) groups is 1. The Morgan fingerprint density at radius 3 is 1.67 bits per heavy atom. The Labute approximate surface area is 543 Å². The van der Waals surface area contributed by atoms with Gasteiger partial charge in [-0.25, -0.2) is 4.79 Å². The number of aromatic amines is 2. The number of guanidine groups is 1. The van der Waals surface area contributed by atoms with Gasteiger partial charge in [-0.05, 0) is 97.9 Å². The highest BCUT2D eigenvalue weighted by Gasteiger charge is 2.40. The molecule has 8 atom stereocenters. The summed E-state index contributed by atoms with van der Waals surface area (Å²) in [4.78, 5) is 153. The van der Waals surface area contributed by atoms with Gasteiger partial charge in [-0.1, -0.05) is 92.7 Å². The number of H-pyrrole nitrogens is 2. The minimum absolute atomic E-state index is 0.0577. The number of aromatic hydroxyl groups is 1. The molecule has 1 aliphatic rings. The molecule has 28 nitrogen and oxygen atoms in total. The van der Waals surface area contributed by atoms with E-state index in [9.17, 15) is 48.6 Å². The van der Waals surface area contributed by atoms with Crippen molar-refractivity contribution in [2.75, 3.05) is 26.2 Å². The molecular formula is C66H85N15O13. The molecule has 2 aromatic heterocycles. The monoisotopic (exact) mass is 1300 g/mol. The van der Waals surface area contributed by atoms with E-state index in [-0.39, 0.29) is 94.6 Å². The Balaban J connectivity index is 1.15. The van der Waals surface area contributed by atoms with Gasteiger partial charge in [0, 0.05) is 79.5 Å². The lowest BCUT2D eigenvalue weighted by molar-refractivity contribution is -0.142. The molecule has 94 heavy (non-hydrogen) atoms. The maximum Gasteiger partial charge on any atom is 0.408 e. The molecule has 0 radical (unpaired) electrons. The molecule has 10 amide bonds. The number of ether oxygens (including phenoxy) is 1. The van der Waals surface area contributed by atoms with Gasteiger partial charge in [0.15, 0.2) is 5.96 Å². The highest BCUT2D eigenvalue weighted by Crippen LogP contribution is 2.24. The van der Waals surface area contributed by atoms with Crippen LogP contribution >= 0.6 is 0 Å². The summed E-state index contributed by atoms with van der Waals surface area (Å²) in [7, 11) is 0. The fourth-order valence-corrected chi connectivity index (χ4v) is 11.1. The molecule has 1 saturated heterocycles.